The molecule has 1 heterocycles. The quantitative estimate of drug-likeness (QED) is 0.667. The maximum absolute atomic E-state index is 12.3. The van der Waals surface area contributed by atoms with Crippen LogP contribution in [0.4, 0.5) is 11.4 Å². The second kappa shape index (κ2) is 6.69. The van der Waals surface area contributed by atoms with E-state index >= 15 is 0 Å². The van der Waals surface area contributed by atoms with Crippen LogP contribution in [0.5, 0.6) is 0 Å². The van der Waals surface area contributed by atoms with E-state index in [-0.39, 0.29) is 17.2 Å². The number of aromatic nitrogens is 2. The summed E-state index contributed by atoms with van der Waals surface area (Å²) in [6.07, 6.45) is 0. The van der Waals surface area contributed by atoms with Crippen molar-refractivity contribution < 1.29 is 9.72 Å². The van der Waals surface area contributed by atoms with Crippen molar-refractivity contribution in [3.63, 3.8) is 0 Å². The summed E-state index contributed by atoms with van der Waals surface area (Å²) in [4.78, 5) is 24.7. The fraction of sp³-hybridized carbons (Fsp3) is 0.375. The minimum absolute atomic E-state index is 0.0959. The zero-order valence-corrected chi connectivity index (χ0v) is 14.5. The van der Waals surface area contributed by atoms with Gasteiger partial charge in [-0.2, -0.15) is 5.10 Å². The number of carbonyl (C=O) groups excluding carboxylic acids is 1. The highest BCUT2D eigenvalue weighted by Crippen LogP contribution is 2.27. The average Bonchev–Trinajstić information content (AvgIpc) is 2.77. The highest BCUT2D eigenvalue weighted by molar-refractivity contribution is 5.95. The molecule has 0 aliphatic carbocycles. The Hall–Kier alpha value is -2.90. The van der Waals surface area contributed by atoms with Crippen molar-refractivity contribution in [2.24, 2.45) is 7.05 Å². The van der Waals surface area contributed by atoms with E-state index < -0.39 is 4.92 Å². The van der Waals surface area contributed by atoms with Crippen LogP contribution in [0.2, 0.25) is 0 Å². The molecule has 0 fully saturated rings. The predicted octanol–water partition coefficient (Wildman–Crippen LogP) is 1.94. The third kappa shape index (κ3) is 3.37. The van der Waals surface area contributed by atoms with Gasteiger partial charge in [-0.3, -0.25) is 19.6 Å². The zero-order chi connectivity index (χ0) is 18.0. The molecule has 8 heteroatoms. The molecule has 2 rings (SSSR count). The number of aryl methyl sites for hydroxylation is 2. The molecule has 128 valence electrons. The molecule has 1 aromatic heterocycles. The van der Waals surface area contributed by atoms with Crippen LogP contribution >= 0.6 is 0 Å². The lowest BCUT2D eigenvalue weighted by Crippen LogP contribution is -2.23. The number of amides is 1. The summed E-state index contributed by atoms with van der Waals surface area (Å²) >= 11 is 0. The van der Waals surface area contributed by atoms with Gasteiger partial charge in [-0.25, -0.2) is 0 Å². The number of anilines is 1. The lowest BCUT2D eigenvalue weighted by molar-refractivity contribution is -0.384. The van der Waals surface area contributed by atoms with Gasteiger partial charge in [-0.05, 0) is 26.0 Å². The number of nitrogens with one attached hydrogen (secondary N) is 1. The zero-order valence-electron chi connectivity index (χ0n) is 14.5. The SMILES string of the molecule is Cc1nn(C)c(C)c1CNC(=O)c1ccc(N(C)C)c([N+](=O)[O-])c1. The summed E-state index contributed by atoms with van der Waals surface area (Å²) in [6, 6.07) is 4.46. The minimum atomic E-state index is -0.485. The third-order valence-corrected chi connectivity index (χ3v) is 4.00. The van der Waals surface area contributed by atoms with Crippen molar-refractivity contribution in [1.82, 2.24) is 15.1 Å². The first-order valence-corrected chi connectivity index (χ1v) is 7.45. The fourth-order valence-electron chi connectivity index (χ4n) is 2.53. The number of hydrogen-bond acceptors (Lipinski definition) is 5. The summed E-state index contributed by atoms with van der Waals surface area (Å²) in [7, 11) is 5.28. The molecule has 1 N–H and O–H groups in total. The molecule has 2 aromatic rings. The van der Waals surface area contributed by atoms with Crippen molar-refractivity contribution in [3.8, 4) is 0 Å². The normalized spacial score (nSPS) is 10.5. The summed E-state index contributed by atoms with van der Waals surface area (Å²) in [6.45, 7) is 4.14. The van der Waals surface area contributed by atoms with Crippen LogP contribution in [-0.2, 0) is 13.6 Å². The van der Waals surface area contributed by atoms with Gasteiger partial charge in [0, 0.05) is 50.6 Å². The van der Waals surface area contributed by atoms with Gasteiger partial charge in [0.25, 0.3) is 11.6 Å². The number of nitro groups is 1. The van der Waals surface area contributed by atoms with Gasteiger partial charge in [-0.15, -0.1) is 0 Å². The highest BCUT2D eigenvalue weighted by Gasteiger charge is 2.19. The fourth-order valence-corrected chi connectivity index (χ4v) is 2.53. The van der Waals surface area contributed by atoms with Gasteiger partial charge in [0.05, 0.1) is 10.6 Å². The van der Waals surface area contributed by atoms with Gasteiger partial charge in [-0.1, -0.05) is 0 Å². The van der Waals surface area contributed by atoms with E-state index in [1.807, 2.05) is 20.9 Å². The van der Waals surface area contributed by atoms with Gasteiger partial charge < -0.3 is 10.2 Å². The Balaban J connectivity index is 2.21. The molecule has 0 unspecified atom stereocenters. The second-order valence-electron chi connectivity index (χ2n) is 5.81. The number of hydrogen-bond donors (Lipinski definition) is 1. The highest BCUT2D eigenvalue weighted by atomic mass is 16.6. The van der Waals surface area contributed by atoms with E-state index in [1.54, 1.807) is 35.8 Å². The van der Waals surface area contributed by atoms with Crippen LogP contribution in [0.15, 0.2) is 18.2 Å². The topological polar surface area (TPSA) is 93.3 Å². The number of nitrogens with zero attached hydrogens (tertiary/aromatic N) is 4. The monoisotopic (exact) mass is 331 g/mol. The van der Waals surface area contributed by atoms with Gasteiger partial charge >= 0.3 is 0 Å². The second-order valence-corrected chi connectivity index (χ2v) is 5.81. The molecule has 0 spiro atoms. The van der Waals surface area contributed by atoms with Crippen molar-refractivity contribution in [3.05, 3.63) is 50.8 Å². The first-order valence-electron chi connectivity index (χ1n) is 7.45. The van der Waals surface area contributed by atoms with Crippen molar-refractivity contribution >= 4 is 17.3 Å². The van der Waals surface area contributed by atoms with E-state index in [4.69, 9.17) is 0 Å². The number of nitro benzene ring substituents is 1. The molecule has 8 nitrogen and oxygen atoms in total. The van der Waals surface area contributed by atoms with E-state index in [0.717, 1.165) is 17.0 Å². The Bertz CT molecular complexity index is 795. The molecule has 24 heavy (non-hydrogen) atoms. The van der Waals surface area contributed by atoms with Crippen LogP contribution in [0, 0.1) is 24.0 Å². The Kier molecular flexibility index (Phi) is 4.87. The Morgan fingerprint density at radius 3 is 2.54 bits per heavy atom. The van der Waals surface area contributed by atoms with E-state index in [2.05, 4.69) is 10.4 Å². The molecule has 0 saturated carbocycles. The van der Waals surface area contributed by atoms with E-state index in [9.17, 15) is 14.9 Å². The maximum Gasteiger partial charge on any atom is 0.293 e. The van der Waals surface area contributed by atoms with Gasteiger partial charge in [0.2, 0.25) is 0 Å². The molecular weight excluding hydrogens is 310 g/mol. The standard InChI is InChI=1S/C16H21N5O3/c1-10-13(11(2)20(5)18-10)9-17-16(22)12-6-7-14(19(3)4)15(8-12)21(23)24/h6-8H,9H2,1-5H3,(H,17,22). The van der Waals surface area contributed by atoms with Crippen LogP contribution in [0.3, 0.4) is 0 Å². The first kappa shape index (κ1) is 17.5. The molecule has 0 saturated heterocycles. The first-order chi connectivity index (χ1) is 11.2. The Labute approximate surface area is 140 Å². The minimum Gasteiger partial charge on any atom is -0.372 e. The number of rotatable bonds is 5. The Morgan fingerprint density at radius 2 is 2.04 bits per heavy atom. The average molecular weight is 331 g/mol. The molecule has 0 atom stereocenters. The smallest absolute Gasteiger partial charge is 0.293 e. The van der Waals surface area contributed by atoms with Crippen molar-refractivity contribution in [2.45, 2.75) is 20.4 Å². The van der Waals surface area contributed by atoms with Crippen molar-refractivity contribution in [1.29, 1.82) is 0 Å². The Morgan fingerprint density at radius 1 is 1.38 bits per heavy atom. The van der Waals surface area contributed by atoms with Gasteiger partial charge in [0.15, 0.2) is 0 Å². The lowest BCUT2D eigenvalue weighted by Gasteiger charge is -2.13. The van der Waals surface area contributed by atoms with Crippen molar-refractivity contribution in [2.75, 3.05) is 19.0 Å². The summed E-state index contributed by atoms with van der Waals surface area (Å²) in [5.41, 5.74) is 3.39. The summed E-state index contributed by atoms with van der Waals surface area (Å²) in [5.74, 6) is -0.356. The lowest BCUT2D eigenvalue weighted by atomic mass is 10.1. The maximum atomic E-state index is 12.3. The summed E-state index contributed by atoms with van der Waals surface area (Å²) in [5, 5.41) is 18.3. The molecule has 1 aromatic carbocycles. The van der Waals surface area contributed by atoms with E-state index in [0.29, 0.717) is 12.2 Å². The number of carbonyl (C=O) groups is 1. The van der Waals surface area contributed by atoms with Crippen LogP contribution in [-0.4, -0.2) is 34.7 Å². The van der Waals surface area contributed by atoms with Crippen LogP contribution < -0.4 is 10.2 Å². The predicted molar refractivity (Wildman–Crippen MR) is 91.3 cm³/mol. The molecule has 0 aliphatic heterocycles. The summed E-state index contributed by atoms with van der Waals surface area (Å²) < 4.78 is 1.76. The molecular formula is C16H21N5O3. The number of benzene rings is 1. The van der Waals surface area contributed by atoms with Gasteiger partial charge in [0.1, 0.15) is 5.69 Å². The largest absolute Gasteiger partial charge is 0.372 e. The molecule has 1 amide bonds. The molecule has 0 aliphatic rings. The third-order valence-electron chi connectivity index (χ3n) is 4.00. The molecule has 0 radical (unpaired) electrons. The van der Waals surface area contributed by atoms with Crippen LogP contribution in [0.25, 0.3) is 0 Å². The molecule has 0 bridgehead atoms. The van der Waals surface area contributed by atoms with E-state index in [1.165, 1.54) is 6.07 Å². The van der Waals surface area contributed by atoms with Crippen LogP contribution in [0.1, 0.15) is 27.3 Å².